The van der Waals surface area contributed by atoms with Gasteiger partial charge in [0.05, 0.1) is 4.92 Å². The van der Waals surface area contributed by atoms with E-state index in [4.69, 9.17) is 16.3 Å². The van der Waals surface area contributed by atoms with E-state index >= 15 is 0 Å². The molecule has 2 saturated carbocycles. The van der Waals surface area contributed by atoms with Crippen LogP contribution in [0.5, 0.6) is 5.75 Å². The first kappa shape index (κ1) is 13.7. The van der Waals surface area contributed by atoms with Gasteiger partial charge in [-0.25, -0.2) is 0 Å². The van der Waals surface area contributed by atoms with Gasteiger partial charge in [0.1, 0.15) is 6.10 Å². The lowest BCUT2D eigenvalue weighted by Gasteiger charge is -2.50. The highest BCUT2D eigenvalue weighted by Gasteiger charge is 2.57. The summed E-state index contributed by atoms with van der Waals surface area (Å²) in [5.74, 6) is 0.384. The Labute approximate surface area is 123 Å². The fraction of sp³-hybridized carbons (Fsp3) is 0.600. The average molecular weight is 296 g/mol. The van der Waals surface area contributed by atoms with E-state index in [-0.39, 0.29) is 27.5 Å². The molecule has 0 heterocycles. The summed E-state index contributed by atoms with van der Waals surface area (Å²) in [6.07, 6.45) is 5.31. The summed E-state index contributed by atoms with van der Waals surface area (Å²) in [5.41, 5.74) is 1.05. The Morgan fingerprint density at radius 3 is 2.70 bits per heavy atom. The summed E-state index contributed by atoms with van der Waals surface area (Å²) in [6, 6.07) is 5.01. The van der Waals surface area contributed by atoms with E-state index in [1.807, 2.05) is 6.92 Å². The van der Waals surface area contributed by atoms with Crippen LogP contribution in [0.25, 0.3) is 0 Å². The van der Waals surface area contributed by atoms with Crippen LogP contribution in [0, 0.1) is 22.5 Å². The van der Waals surface area contributed by atoms with Gasteiger partial charge in [0, 0.05) is 23.3 Å². The Morgan fingerprint density at radius 1 is 1.40 bits per heavy atom. The molecule has 1 spiro atoms. The molecule has 4 nitrogen and oxygen atoms in total. The summed E-state index contributed by atoms with van der Waals surface area (Å²) < 4.78 is 6.01. The number of nitro groups is 1. The lowest BCUT2D eigenvalue weighted by molar-refractivity contribution is -0.386. The van der Waals surface area contributed by atoms with Gasteiger partial charge in [-0.2, -0.15) is 0 Å². The standard InChI is InChI=1S/C15H18ClNO3/c1-10-4-5-11(17(18)19)12(8-10)20-14-9-13(16)15(14)6-2-3-7-15/h4-5,8,13-14H,2-3,6-7,9H2,1H3. The topological polar surface area (TPSA) is 52.4 Å². The lowest BCUT2D eigenvalue weighted by Crippen LogP contribution is -2.55. The summed E-state index contributed by atoms with van der Waals surface area (Å²) in [6.45, 7) is 1.91. The van der Waals surface area contributed by atoms with E-state index in [2.05, 4.69) is 0 Å². The fourth-order valence-electron chi connectivity index (χ4n) is 3.55. The second-order valence-corrected chi connectivity index (χ2v) is 6.51. The third-order valence-electron chi connectivity index (χ3n) is 4.80. The largest absolute Gasteiger partial charge is 0.483 e. The van der Waals surface area contributed by atoms with E-state index in [9.17, 15) is 10.1 Å². The maximum absolute atomic E-state index is 11.1. The molecule has 108 valence electrons. The van der Waals surface area contributed by atoms with Crippen molar-refractivity contribution in [3.8, 4) is 5.75 Å². The number of ether oxygens (including phenoxy) is 1. The highest BCUT2D eigenvalue weighted by Crippen LogP contribution is 2.57. The Balaban J connectivity index is 1.85. The van der Waals surface area contributed by atoms with Gasteiger partial charge >= 0.3 is 5.69 Å². The SMILES string of the molecule is Cc1ccc([N+](=O)[O-])c(OC2CC(Cl)C23CCCC3)c1. The second kappa shape index (κ2) is 4.92. The molecule has 20 heavy (non-hydrogen) atoms. The van der Waals surface area contributed by atoms with Crippen LogP contribution in [0.3, 0.4) is 0 Å². The number of rotatable bonds is 3. The van der Waals surface area contributed by atoms with Crippen molar-refractivity contribution >= 4 is 17.3 Å². The molecule has 2 atom stereocenters. The molecule has 0 aromatic heterocycles. The van der Waals surface area contributed by atoms with Crippen LogP contribution in [-0.2, 0) is 0 Å². The summed E-state index contributed by atoms with van der Waals surface area (Å²) in [7, 11) is 0. The van der Waals surface area contributed by atoms with Crippen LogP contribution in [-0.4, -0.2) is 16.4 Å². The molecule has 3 rings (SSSR count). The van der Waals surface area contributed by atoms with Crippen molar-refractivity contribution in [2.24, 2.45) is 5.41 Å². The Bertz CT molecular complexity index is 540. The van der Waals surface area contributed by atoms with Crippen molar-refractivity contribution in [1.29, 1.82) is 0 Å². The van der Waals surface area contributed by atoms with Gasteiger partial charge in [-0.15, -0.1) is 11.6 Å². The summed E-state index contributed by atoms with van der Waals surface area (Å²) in [4.78, 5) is 10.7. The maximum atomic E-state index is 11.1. The van der Waals surface area contributed by atoms with Gasteiger partial charge in [0.15, 0.2) is 5.75 Å². The molecule has 0 radical (unpaired) electrons. The number of nitrogens with zero attached hydrogens (tertiary/aromatic N) is 1. The first-order valence-corrected chi connectivity index (χ1v) is 7.52. The van der Waals surface area contributed by atoms with Crippen LogP contribution in [0.1, 0.15) is 37.7 Å². The zero-order chi connectivity index (χ0) is 14.3. The molecule has 5 heteroatoms. The number of nitro benzene ring substituents is 1. The van der Waals surface area contributed by atoms with Crippen LogP contribution < -0.4 is 4.74 Å². The highest BCUT2D eigenvalue weighted by atomic mass is 35.5. The van der Waals surface area contributed by atoms with Crippen LogP contribution in [0.2, 0.25) is 0 Å². The molecule has 1 aromatic carbocycles. The number of hydrogen-bond acceptors (Lipinski definition) is 3. The van der Waals surface area contributed by atoms with Crippen molar-refractivity contribution in [2.75, 3.05) is 0 Å². The first-order valence-electron chi connectivity index (χ1n) is 7.09. The van der Waals surface area contributed by atoms with Crippen molar-refractivity contribution in [3.63, 3.8) is 0 Å². The molecule has 2 aliphatic rings. The van der Waals surface area contributed by atoms with E-state index in [1.165, 1.54) is 18.9 Å². The smallest absolute Gasteiger partial charge is 0.310 e. The minimum atomic E-state index is -0.382. The zero-order valence-corrected chi connectivity index (χ0v) is 12.2. The van der Waals surface area contributed by atoms with Crippen molar-refractivity contribution in [2.45, 2.75) is 50.5 Å². The van der Waals surface area contributed by atoms with Gasteiger partial charge in [-0.3, -0.25) is 10.1 Å². The first-order chi connectivity index (χ1) is 9.53. The molecule has 0 amide bonds. The third-order valence-corrected chi connectivity index (χ3v) is 5.41. The fourth-order valence-corrected chi connectivity index (χ4v) is 4.07. The van der Waals surface area contributed by atoms with Crippen molar-refractivity contribution in [3.05, 3.63) is 33.9 Å². The van der Waals surface area contributed by atoms with Crippen LogP contribution in [0.4, 0.5) is 5.69 Å². The predicted molar refractivity (Wildman–Crippen MR) is 77.4 cm³/mol. The molecule has 0 saturated heterocycles. The van der Waals surface area contributed by atoms with Gasteiger partial charge in [-0.05, 0) is 31.4 Å². The Kier molecular flexibility index (Phi) is 3.36. The van der Waals surface area contributed by atoms with Gasteiger partial charge in [-0.1, -0.05) is 18.9 Å². The Hall–Kier alpha value is -1.29. The number of halogens is 1. The third kappa shape index (κ3) is 2.06. The molecule has 2 unspecified atom stereocenters. The van der Waals surface area contributed by atoms with E-state index in [0.717, 1.165) is 24.8 Å². The van der Waals surface area contributed by atoms with Crippen molar-refractivity contribution < 1.29 is 9.66 Å². The van der Waals surface area contributed by atoms with Crippen molar-refractivity contribution in [1.82, 2.24) is 0 Å². The number of alkyl halides is 1. The van der Waals surface area contributed by atoms with Gasteiger partial charge in [0.25, 0.3) is 0 Å². The molecule has 2 fully saturated rings. The number of hydrogen-bond donors (Lipinski definition) is 0. The molecule has 2 aliphatic carbocycles. The summed E-state index contributed by atoms with van der Waals surface area (Å²) >= 11 is 6.39. The second-order valence-electron chi connectivity index (χ2n) is 5.98. The normalized spacial score (nSPS) is 27.3. The van der Waals surface area contributed by atoms with E-state index in [0.29, 0.717) is 5.75 Å². The monoisotopic (exact) mass is 295 g/mol. The average Bonchev–Trinajstić information content (AvgIpc) is 2.90. The van der Waals surface area contributed by atoms with E-state index in [1.54, 1.807) is 12.1 Å². The minimum absolute atomic E-state index is 0.0213. The van der Waals surface area contributed by atoms with Crippen LogP contribution in [0.15, 0.2) is 18.2 Å². The molecular formula is C15H18ClNO3. The quantitative estimate of drug-likeness (QED) is 0.476. The zero-order valence-electron chi connectivity index (χ0n) is 11.5. The molecule has 1 aromatic rings. The molecule has 0 N–H and O–H groups in total. The van der Waals surface area contributed by atoms with E-state index < -0.39 is 0 Å². The lowest BCUT2D eigenvalue weighted by atomic mass is 9.64. The predicted octanol–water partition coefficient (Wildman–Crippen LogP) is 4.22. The Morgan fingerprint density at radius 2 is 2.10 bits per heavy atom. The molecule has 0 aliphatic heterocycles. The number of aryl methyl sites for hydroxylation is 1. The summed E-state index contributed by atoms with van der Waals surface area (Å²) in [5, 5.41) is 11.2. The molecular weight excluding hydrogens is 278 g/mol. The maximum Gasteiger partial charge on any atom is 0.310 e. The van der Waals surface area contributed by atoms with Crippen LogP contribution >= 0.6 is 11.6 Å². The minimum Gasteiger partial charge on any atom is -0.483 e. The molecule has 0 bridgehead atoms. The van der Waals surface area contributed by atoms with Gasteiger partial charge in [0.2, 0.25) is 0 Å². The van der Waals surface area contributed by atoms with Gasteiger partial charge < -0.3 is 4.74 Å². The number of benzene rings is 1. The highest BCUT2D eigenvalue weighted by molar-refractivity contribution is 6.21.